The second-order valence-corrected chi connectivity index (χ2v) is 6.23. The van der Waals surface area contributed by atoms with Gasteiger partial charge in [0.15, 0.2) is 5.79 Å². The first-order valence-corrected chi connectivity index (χ1v) is 7.28. The first kappa shape index (κ1) is 12.4. The van der Waals surface area contributed by atoms with Crippen LogP contribution in [0.4, 0.5) is 0 Å². The largest absolute Gasteiger partial charge is 0.347 e. The zero-order valence-corrected chi connectivity index (χ0v) is 11.6. The van der Waals surface area contributed by atoms with Crippen LogP contribution in [0.15, 0.2) is 23.8 Å². The quantitative estimate of drug-likeness (QED) is 0.659. The number of allylic oxidation sites excluding steroid dienone is 2. The van der Waals surface area contributed by atoms with Gasteiger partial charge in [0.05, 0.1) is 13.2 Å². The second-order valence-electron chi connectivity index (χ2n) is 6.23. The molecule has 18 heavy (non-hydrogen) atoms. The summed E-state index contributed by atoms with van der Waals surface area (Å²) < 4.78 is 12.0. The van der Waals surface area contributed by atoms with Crippen LogP contribution in [0.5, 0.6) is 0 Å². The predicted octanol–water partition coefficient (Wildman–Crippen LogP) is 3.69. The Labute approximate surface area is 110 Å². The van der Waals surface area contributed by atoms with Crippen molar-refractivity contribution in [2.75, 3.05) is 13.2 Å². The third-order valence-electron chi connectivity index (χ3n) is 4.92. The van der Waals surface area contributed by atoms with Crippen LogP contribution < -0.4 is 0 Å². The summed E-state index contributed by atoms with van der Waals surface area (Å²) in [5.74, 6) is 1.26. The van der Waals surface area contributed by atoms with E-state index in [2.05, 4.69) is 26.5 Å². The molecule has 3 aliphatic rings. The first-order chi connectivity index (χ1) is 8.62. The van der Waals surface area contributed by atoms with Crippen LogP contribution >= 0.6 is 0 Å². The van der Waals surface area contributed by atoms with Gasteiger partial charge in [-0.15, -0.1) is 0 Å². The molecule has 1 heterocycles. The van der Waals surface area contributed by atoms with Crippen molar-refractivity contribution in [1.82, 2.24) is 0 Å². The molecule has 0 bridgehead atoms. The van der Waals surface area contributed by atoms with Crippen molar-refractivity contribution in [2.24, 2.45) is 17.8 Å². The van der Waals surface area contributed by atoms with Crippen LogP contribution in [0, 0.1) is 17.8 Å². The van der Waals surface area contributed by atoms with Crippen molar-refractivity contribution in [3.05, 3.63) is 23.8 Å². The average Bonchev–Trinajstić information content (AvgIpc) is 2.89. The molecule has 0 amide bonds. The minimum Gasteiger partial charge on any atom is -0.347 e. The molecule has 0 radical (unpaired) electrons. The minimum absolute atomic E-state index is 0.321. The minimum atomic E-state index is -0.321. The Hall–Kier alpha value is -0.600. The lowest BCUT2D eigenvalue weighted by molar-refractivity contribution is -0.173. The predicted molar refractivity (Wildman–Crippen MR) is 72.1 cm³/mol. The number of ether oxygens (including phenoxy) is 2. The van der Waals surface area contributed by atoms with E-state index in [4.69, 9.17) is 9.47 Å². The molecule has 0 aromatic heterocycles. The van der Waals surface area contributed by atoms with Gasteiger partial charge in [0.25, 0.3) is 0 Å². The summed E-state index contributed by atoms with van der Waals surface area (Å²) in [6, 6.07) is 0. The van der Waals surface area contributed by atoms with Crippen LogP contribution in [-0.4, -0.2) is 19.0 Å². The second kappa shape index (κ2) is 4.50. The maximum atomic E-state index is 5.99. The Bertz CT molecular complexity index is 375. The molecule has 2 fully saturated rings. The summed E-state index contributed by atoms with van der Waals surface area (Å²) >= 11 is 0. The Balaban J connectivity index is 1.96. The summed E-state index contributed by atoms with van der Waals surface area (Å²) in [6.45, 7) is 10.4. The molecule has 1 saturated heterocycles. The van der Waals surface area contributed by atoms with Gasteiger partial charge >= 0.3 is 0 Å². The molecule has 2 aliphatic carbocycles. The lowest BCUT2D eigenvalue weighted by Crippen LogP contribution is -2.35. The van der Waals surface area contributed by atoms with Gasteiger partial charge < -0.3 is 9.47 Å². The maximum absolute atomic E-state index is 5.99. The fourth-order valence-corrected chi connectivity index (χ4v) is 3.80. The van der Waals surface area contributed by atoms with E-state index in [1.807, 2.05) is 0 Å². The highest BCUT2D eigenvalue weighted by molar-refractivity contribution is 5.23. The smallest absolute Gasteiger partial charge is 0.175 e. The summed E-state index contributed by atoms with van der Waals surface area (Å²) in [6.07, 6.45) is 6.97. The van der Waals surface area contributed by atoms with E-state index in [0.29, 0.717) is 17.8 Å². The van der Waals surface area contributed by atoms with Crippen molar-refractivity contribution in [3.63, 3.8) is 0 Å². The fourth-order valence-electron chi connectivity index (χ4n) is 3.80. The van der Waals surface area contributed by atoms with Gasteiger partial charge in [0.1, 0.15) is 0 Å². The average molecular weight is 248 g/mol. The third kappa shape index (κ3) is 1.86. The highest BCUT2D eigenvalue weighted by atomic mass is 16.7. The molecule has 1 spiro atoms. The van der Waals surface area contributed by atoms with Crippen molar-refractivity contribution in [3.8, 4) is 0 Å². The normalized spacial score (nSPS) is 34.8. The maximum Gasteiger partial charge on any atom is 0.175 e. The molecule has 2 nitrogen and oxygen atoms in total. The molecular formula is C16H24O2. The molecule has 0 aromatic rings. The molecule has 0 N–H and O–H groups in total. The molecule has 2 heteroatoms. The third-order valence-corrected chi connectivity index (χ3v) is 4.92. The molecular weight excluding hydrogens is 224 g/mol. The van der Waals surface area contributed by atoms with E-state index in [1.54, 1.807) is 5.57 Å². The summed E-state index contributed by atoms with van der Waals surface area (Å²) in [5.41, 5.74) is 2.96. The number of rotatable bonds is 1. The number of fused-ring (bicyclic) bond motifs is 2. The zero-order chi connectivity index (χ0) is 12.8. The Morgan fingerprint density at radius 2 is 2.00 bits per heavy atom. The van der Waals surface area contributed by atoms with E-state index < -0.39 is 0 Å². The molecule has 1 saturated carbocycles. The van der Waals surface area contributed by atoms with Gasteiger partial charge in [-0.05, 0) is 31.1 Å². The van der Waals surface area contributed by atoms with Gasteiger partial charge in [-0.2, -0.15) is 0 Å². The topological polar surface area (TPSA) is 18.5 Å². The van der Waals surface area contributed by atoms with Crippen molar-refractivity contribution >= 4 is 0 Å². The zero-order valence-electron chi connectivity index (χ0n) is 11.6. The van der Waals surface area contributed by atoms with Crippen LogP contribution in [0.1, 0.15) is 39.5 Å². The Kier molecular flexibility index (Phi) is 3.11. The monoisotopic (exact) mass is 248 g/mol. The molecule has 100 valence electrons. The van der Waals surface area contributed by atoms with Crippen LogP contribution in [0.3, 0.4) is 0 Å². The van der Waals surface area contributed by atoms with E-state index in [-0.39, 0.29) is 5.79 Å². The van der Waals surface area contributed by atoms with Gasteiger partial charge in [-0.25, -0.2) is 0 Å². The standard InChI is InChI=1S/C16H24O2/c1-11(2)13-5-4-12(3)14-6-7-16(15(14)10-13)17-8-9-18-16/h10-11,14-15H,3-9H2,1-2H3/t14-,15+/m0/s1. The van der Waals surface area contributed by atoms with Crippen molar-refractivity contribution in [2.45, 2.75) is 45.3 Å². The van der Waals surface area contributed by atoms with Crippen molar-refractivity contribution in [1.29, 1.82) is 0 Å². The summed E-state index contributed by atoms with van der Waals surface area (Å²) in [5, 5.41) is 0. The summed E-state index contributed by atoms with van der Waals surface area (Å²) in [7, 11) is 0. The van der Waals surface area contributed by atoms with E-state index in [9.17, 15) is 0 Å². The highest BCUT2D eigenvalue weighted by Crippen LogP contribution is 2.51. The highest BCUT2D eigenvalue weighted by Gasteiger charge is 2.52. The first-order valence-electron chi connectivity index (χ1n) is 7.28. The van der Waals surface area contributed by atoms with E-state index in [0.717, 1.165) is 26.1 Å². The molecule has 2 atom stereocenters. The van der Waals surface area contributed by atoms with E-state index in [1.165, 1.54) is 18.4 Å². The lowest BCUT2D eigenvalue weighted by Gasteiger charge is -2.30. The van der Waals surface area contributed by atoms with Crippen LogP contribution in [0.2, 0.25) is 0 Å². The SMILES string of the molecule is C=C1CCC(C(C)C)=C[C@@H]2[C@H]1CCC21OCCO1. The van der Waals surface area contributed by atoms with Gasteiger partial charge in [0, 0.05) is 12.3 Å². The van der Waals surface area contributed by atoms with Crippen molar-refractivity contribution < 1.29 is 9.47 Å². The summed E-state index contributed by atoms with van der Waals surface area (Å²) in [4.78, 5) is 0. The van der Waals surface area contributed by atoms with Crippen LogP contribution in [0.25, 0.3) is 0 Å². The van der Waals surface area contributed by atoms with Gasteiger partial charge in [-0.3, -0.25) is 0 Å². The van der Waals surface area contributed by atoms with Gasteiger partial charge in [0.2, 0.25) is 0 Å². The molecule has 1 aliphatic heterocycles. The fraction of sp³-hybridized carbons (Fsp3) is 0.750. The molecule has 0 aromatic carbocycles. The van der Waals surface area contributed by atoms with E-state index >= 15 is 0 Å². The van der Waals surface area contributed by atoms with Crippen LogP contribution in [-0.2, 0) is 9.47 Å². The lowest BCUT2D eigenvalue weighted by atomic mass is 9.87. The number of hydrogen-bond acceptors (Lipinski definition) is 2. The molecule has 0 unspecified atom stereocenters. The number of hydrogen-bond donors (Lipinski definition) is 0. The molecule has 3 rings (SSSR count). The van der Waals surface area contributed by atoms with Gasteiger partial charge in [-0.1, -0.05) is 37.6 Å². The Morgan fingerprint density at radius 3 is 2.67 bits per heavy atom. The Morgan fingerprint density at radius 1 is 1.28 bits per heavy atom.